The van der Waals surface area contributed by atoms with Crippen LogP contribution in [-0.4, -0.2) is 44.3 Å². The number of aromatic nitrogens is 2. The molecule has 0 aromatic carbocycles. The molecule has 2 heterocycles. The van der Waals surface area contributed by atoms with E-state index in [-0.39, 0.29) is 17.3 Å². The zero-order valence-electron chi connectivity index (χ0n) is 10.8. The summed E-state index contributed by atoms with van der Waals surface area (Å²) in [6.45, 7) is 1.23. The average molecular weight is 285 g/mol. The summed E-state index contributed by atoms with van der Waals surface area (Å²) in [4.78, 5) is 20.0. The highest BCUT2D eigenvalue weighted by Crippen LogP contribution is 2.17. The van der Waals surface area contributed by atoms with Gasteiger partial charge in [0.1, 0.15) is 11.6 Å². The predicted molar refractivity (Wildman–Crippen MR) is 67.3 cm³/mol. The molecule has 1 aromatic rings. The van der Waals surface area contributed by atoms with Crippen LogP contribution in [0.15, 0.2) is 0 Å². The number of sulfone groups is 1. The van der Waals surface area contributed by atoms with Crippen LogP contribution in [-0.2, 0) is 33.3 Å². The van der Waals surface area contributed by atoms with Gasteiger partial charge in [0.2, 0.25) is 0 Å². The Labute approximate surface area is 111 Å². The third-order valence-corrected chi connectivity index (χ3v) is 3.54. The van der Waals surface area contributed by atoms with Crippen LogP contribution < -0.4 is 5.32 Å². The third kappa shape index (κ3) is 3.27. The standard InChI is InChI=1S/C11H15N3O4S/c1-18-11(15)10-7-3-4-12-5-8(7)13-9(14-10)6-19(2,16)17/h12H,3-6H2,1-2H3. The van der Waals surface area contributed by atoms with Gasteiger partial charge in [-0.25, -0.2) is 23.2 Å². The van der Waals surface area contributed by atoms with E-state index in [1.165, 1.54) is 7.11 Å². The fourth-order valence-corrected chi connectivity index (χ4v) is 2.57. The SMILES string of the molecule is COC(=O)c1nc(CS(C)(=O)=O)nc2c1CCNC2. The van der Waals surface area contributed by atoms with Crippen LogP contribution in [0, 0.1) is 0 Å². The van der Waals surface area contributed by atoms with Crippen molar-refractivity contribution in [2.75, 3.05) is 19.9 Å². The van der Waals surface area contributed by atoms with Crippen molar-refractivity contribution in [1.29, 1.82) is 0 Å². The van der Waals surface area contributed by atoms with E-state index in [9.17, 15) is 13.2 Å². The Bertz CT molecular complexity index is 613. The Kier molecular flexibility index (Phi) is 3.81. The van der Waals surface area contributed by atoms with E-state index in [0.29, 0.717) is 18.7 Å². The Balaban J connectivity index is 2.51. The summed E-state index contributed by atoms with van der Waals surface area (Å²) in [5, 5.41) is 3.12. The second kappa shape index (κ2) is 5.22. The first kappa shape index (κ1) is 13.9. The third-order valence-electron chi connectivity index (χ3n) is 2.75. The number of methoxy groups -OCH3 is 1. The normalized spacial score (nSPS) is 14.8. The highest BCUT2D eigenvalue weighted by atomic mass is 32.2. The van der Waals surface area contributed by atoms with E-state index in [0.717, 1.165) is 18.4 Å². The van der Waals surface area contributed by atoms with Crippen LogP contribution in [0.5, 0.6) is 0 Å². The Hall–Kier alpha value is -1.54. The second-order valence-electron chi connectivity index (χ2n) is 4.40. The van der Waals surface area contributed by atoms with Crippen LogP contribution in [0.1, 0.15) is 27.6 Å². The molecule has 1 N–H and O–H groups in total. The molecule has 0 bridgehead atoms. The molecule has 2 rings (SSSR count). The van der Waals surface area contributed by atoms with Crippen LogP contribution in [0.3, 0.4) is 0 Å². The fraction of sp³-hybridized carbons (Fsp3) is 0.545. The number of nitrogens with one attached hydrogen (secondary N) is 1. The van der Waals surface area contributed by atoms with E-state index in [2.05, 4.69) is 20.0 Å². The molecule has 1 aliphatic rings. The first-order valence-electron chi connectivity index (χ1n) is 5.76. The monoisotopic (exact) mass is 285 g/mol. The van der Waals surface area contributed by atoms with Crippen molar-refractivity contribution < 1.29 is 17.9 Å². The summed E-state index contributed by atoms with van der Waals surface area (Å²) in [6.07, 6.45) is 1.73. The van der Waals surface area contributed by atoms with Gasteiger partial charge in [0.25, 0.3) is 0 Å². The van der Waals surface area contributed by atoms with Crippen molar-refractivity contribution in [1.82, 2.24) is 15.3 Å². The molecule has 0 saturated carbocycles. The molecule has 0 radical (unpaired) electrons. The lowest BCUT2D eigenvalue weighted by Gasteiger charge is -2.18. The Morgan fingerprint density at radius 2 is 2.16 bits per heavy atom. The van der Waals surface area contributed by atoms with Gasteiger partial charge in [-0.2, -0.15) is 0 Å². The van der Waals surface area contributed by atoms with Crippen molar-refractivity contribution in [3.63, 3.8) is 0 Å². The number of fused-ring (bicyclic) bond motifs is 1. The molecule has 7 nitrogen and oxygen atoms in total. The van der Waals surface area contributed by atoms with Crippen LogP contribution in [0.2, 0.25) is 0 Å². The van der Waals surface area contributed by atoms with Gasteiger partial charge in [0, 0.05) is 18.4 Å². The van der Waals surface area contributed by atoms with Gasteiger partial charge in [-0.15, -0.1) is 0 Å². The van der Waals surface area contributed by atoms with Gasteiger partial charge >= 0.3 is 5.97 Å². The second-order valence-corrected chi connectivity index (χ2v) is 6.54. The number of carbonyl (C=O) groups is 1. The summed E-state index contributed by atoms with van der Waals surface area (Å²) < 4.78 is 27.3. The maximum absolute atomic E-state index is 11.7. The molecular formula is C11H15N3O4S. The number of rotatable bonds is 3. The number of hydrogen-bond acceptors (Lipinski definition) is 7. The lowest BCUT2D eigenvalue weighted by atomic mass is 10.0. The smallest absolute Gasteiger partial charge is 0.357 e. The average Bonchev–Trinajstić information content (AvgIpc) is 2.35. The fourth-order valence-electron chi connectivity index (χ4n) is 1.98. The van der Waals surface area contributed by atoms with E-state index in [1.807, 2.05) is 0 Å². The van der Waals surface area contributed by atoms with Crippen LogP contribution >= 0.6 is 0 Å². The van der Waals surface area contributed by atoms with Gasteiger partial charge in [-0.1, -0.05) is 0 Å². The first-order chi connectivity index (χ1) is 8.90. The van der Waals surface area contributed by atoms with Crippen molar-refractivity contribution in [3.05, 3.63) is 22.8 Å². The Morgan fingerprint density at radius 1 is 1.42 bits per heavy atom. The number of ether oxygens (including phenoxy) is 1. The molecule has 1 aliphatic heterocycles. The number of esters is 1. The Morgan fingerprint density at radius 3 is 2.79 bits per heavy atom. The number of hydrogen-bond donors (Lipinski definition) is 1. The van der Waals surface area contributed by atoms with Crippen molar-refractivity contribution in [3.8, 4) is 0 Å². The van der Waals surface area contributed by atoms with E-state index in [4.69, 9.17) is 0 Å². The topological polar surface area (TPSA) is 98.2 Å². The molecule has 0 amide bonds. The molecular weight excluding hydrogens is 270 g/mol. The molecule has 104 valence electrons. The first-order valence-corrected chi connectivity index (χ1v) is 7.82. The van der Waals surface area contributed by atoms with Crippen LogP contribution in [0.4, 0.5) is 0 Å². The zero-order chi connectivity index (χ0) is 14.0. The van der Waals surface area contributed by atoms with Gasteiger partial charge in [-0.3, -0.25) is 0 Å². The van der Waals surface area contributed by atoms with Gasteiger partial charge in [-0.05, 0) is 13.0 Å². The van der Waals surface area contributed by atoms with Gasteiger partial charge in [0.15, 0.2) is 15.5 Å². The van der Waals surface area contributed by atoms with Gasteiger partial charge in [0.05, 0.1) is 12.8 Å². The summed E-state index contributed by atoms with van der Waals surface area (Å²) >= 11 is 0. The predicted octanol–water partition coefficient (Wildman–Crippen LogP) is -0.546. The van der Waals surface area contributed by atoms with Crippen molar-refractivity contribution >= 4 is 15.8 Å². The lowest BCUT2D eigenvalue weighted by Crippen LogP contribution is -2.28. The summed E-state index contributed by atoms with van der Waals surface area (Å²) in [6, 6.07) is 0. The minimum atomic E-state index is -3.25. The summed E-state index contributed by atoms with van der Waals surface area (Å²) in [5.74, 6) is -0.717. The zero-order valence-corrected chi connectivity index (χ0v) is 11.6. The molecule has 8 heteroatoms. The molecule has 1 aromatic heterocycles. The summed E-state index contributed by atoms with van der Waals surface area (Å²) in [7, 11) is -1.98. The summed E-state index contributed by atoms with van der Waals surface area (Å²) in [5.41, 5.74) is 1.58. The number of carbonyl (C=O) groups excluding carboxylic acids is 1. The van der Waals surface area contributed by atoms with Crippen LogP contribution in [0.25, 0.3) is 0 Å². The molecule has 19 heavy (non-hydrogen) atoms. The largest absolute Gasteiger partial charge is 0.464 e. The molecule has 0 unspecified atom stereocenters. The molecule has 0 atom stereocenters. The lowest BCUT2D eigenvalue weighted by molar-refractivity contribution is 0.0591. The van der Waals surface area contributed by atoms with Crippen molar-refractivity contribution in [2.24, 2.45) is 0 Å². The van der Waals surface area contributed by atoms with Crippen molar-refractivity contribution in [2.45, 2.75) is 18.7 Å². The quantitative estimate of drug-likeness (QED) is 0.744. The van der Waals surface area contributed by atoms with E-state index >= 15 is 0 Å². The molecule has 0 fully saturated rings. The molecule has 0 saturated heterocycles. The van der Waals surface area contributed by atoms with E-state index in [1.54, 1.807) is 0 Å². The maximum atomic E-state index is 11.7. The minimum absolute atomic E-state index is 0.130. The number of nitrogens with zero attached hydrogens (tertiary/aromatic N) is 2. The van der Waals surface area contributed by atoms with E-state index < -0.39 is 15.8 Å². The highest BCUT2D eigenvalue weighted by Gasteiger charge is 2.23. The minimum Gasteiger partial charge on any atom is -0.464 e. The molecule has 0 aliphatic carbocycles. The highest BCUT2D eigenvalue weighted by molar-refractivity contribution is 7.89. The maximum Gasteiger partial charge on any atom is 0.357 e. The van der Waals surface area contributed by atoms with Gasteiger partial charge < -0.3 is 10.1 Å². The molecule has 0 spiro atoms.